The highest BCUT2D eigenvalue weighted by Crippen LogP contribution is 2.26. The largest absolute Gasteiger partial charge is 0.460 e. The van der Waals surface area contributed by atoms with E-state index in [1.165, 1.54) is 6.08 Å². The average molecular weight is 253 g/mol. The molecule has 0 aromatic carbocycles. The number of esters is 1. The standard InChI is InChI=1S/C14H23NO3/c1-5-12(16)15-11-8-6-10(7-9-11)13(17)18-14(2,3)4/h5,10-11H,1,6-9H2,2-4H3,(H,15,16). The van der Waals surface area contributed by atoms with Crippen LogP contribution in [-0.4, -0.2) is 23.5 Å². The van der Waals surface area contributed by atoms with Crippen LogP contribution < -0.4 is 5.32 Å². The Balaban J connectivity index is 2.37. The predicted octanol–water partition coefficient (Wildman–Crippen LogP) is 2.19. The lowest BCUT2D eigenvalue weighted by atomic mass is 9.86. The average Bonchev–Trinajstić information content (AvgIpc) is 2.27. The lowest BCUT2D eigenvalue weighted by Crippen LogP contribution is -2.39. The van der Waals surface area contributed by atoms with Crippen LogP contribution in [-0.2, 0) is 14.3 Å². The molecule has 0 unspecified atom stereocenters. The molecule has 1 aliphatic rings. The molecule has 0 heterocycles. The van der Waals surface area contributed by atoms with Crippen LogP contribution in [0.1, 0.15) is 46.5 Å². The van der Waals surface area contributed by atoms with Crippen molar-refractivity contribution < 1.29 is 14.3 Å². The van der Waals surface area contributed by atoms with Crippen LogP contribution in [0.3, 0.4) is 0 Å². The minimum absolute atomic E-state index is 0.0268. The van der Waals surface area contributed by atoms with Gasteiger partial charge in [0.1, 0.15) is 5.60 Å². The van der Waals surface area contributed by atoms with Crippen molar-refractivity contribution in [2.75, 3.05) is 0 Å². The highest BCUT2D eigenvalue weighted by atomic mass is 16.6. The maximum absolute atomic E-state index is 11.9. The summed E-state index contributed by atoms with van der Waals surface area (Å²) in [5, 5.41) is 2.87. The SMILES string of the molecule is C=CC(=O)NC1CCC(C(=O)OC(C)(C)C)CC1. The van der Waals surface area contributed by atoms with Crippen LogP contribution >= 0.6 is 0 Å². The quantitative estimate of drug-likeness (QED) is 0.619. The molecular weight excluding hydrogens is 230 g/mol. The van der Waals surface area contributed by atoms with Gasteiger partial charge in [-0.1, -0.05) is 6.58 Å². The summed E-state index contributed by atoms with van der Waals surface area (Å²) in [6, 6.07) is 0.161. The summed E-state index contributed by atoms with van der Waals surface area (Å²) in [5.74, 6) is -0.284. The zero-order valence-electron chi connectivity index (χ0n) is 11.5. The first kappa shape index (κ1) is 14.7. The normalized spacial score (nSPS) is 24.2. The van der Waals surface area contributed by atoms with Gasteiger partial charge in [0.15, 0.2) is 0 Å². The van der Waals surface area contributed by atoms with Crippen LogP contribution in [0.15, 0.2) is 12.7 Å². The number of carbonyl (C=O) groups is 2. The van der Waals surface area contributed by atoms with E-state index in [9.17, 15) is 9.59 Å². The molecule has 0 atom stereocenters. The Morgan fingerprint density at radius 2 is 1.78 bits per heavy atom. The Labute approximate surface area is 109 Å². The highest BCUT2D eigenvalue weighted by Gasteiger charge is 2.30. The molecule has 0 saturated heterocycles. The first-order valence-electron chi connectivity index (χ1n) is 6.47. The van der Waals surface area contributed by atoms with Gasteiger partial charge in [0.2, 0.25) is 5.91 Å². The van der Waals surface area contributed by atoms with Crippen LogP contribution in [0, 0.1) is 5.92 Å². The smallest absolute Gasteiger partial charge is 0.309 e. The summed E-state index contributed by atoms with van der Waals surface area (Å²) in [6.07, 6.45) is 4.47. The van der Waals surface area contributed by atoms with E-state index >= 15 is 0 Å². The molecule has 4 nitrogen and oxygen atoms in total. The molecule has 0 aromatic heterocycles. The van der Waals surface area contributed by atoms with E-state index < -0.39 is 5.60 Å². The maximum atomic E-state index is 11.9. The van der Waals surface area contributed by atoms with Crippen molar-refractivity contribution in [3.05, 3.63) is 12.7 Å². The van der Waals surface area contributed by atoms with Gasteiger partial charge in [-0.05, 0) is 52.5 Å². The Hall–Kier alpha value is -1.32. The fourth-order valence-electron chi connectivity index (χ4n) is 2.12. The molecule has 1 rings (SSSR count). The summed E-state index contributed by atoms with van der Waals surface area (Å²) in [7, 11) is 0. The van der Waals surface area contributed by atoms with Gasteiger partial charge in [-0.3, -0.25) is 9.59 Å². The molecule has 0 aliphatic heterocycles. The molecule has 0 radical (unpaired) electrons. The second kappa shape index (κ2) is 6.03. The highest BCUT2D eigenvalue weighted by molar-refractivity contribution is 5.87. The van der Waals surface area contributed by atoms with Gasteiger partial charge in [-0.15, -0.1) is 0 Å². The number of hydrogen-bond donors (Lipinski definition) is 1. The van der Waals surface area contributed by atoms with Gasteiger partial charge < -0.3 is 10.1 Å². The van der Waals surface area contributed by atoms with Crippen molar-refractivity contribution in [3.8, 4) is 0 Å². The Bertz CT molecular complexity index is 322. The zero-order chi connectivity index (χ0) is 13.8. The van der Waals surface area contributed by atoms with E-state index in [1.807, 2.05) is 20.8 Å². The molecule has 1 N–H and O–H groups in total. The number of ether oxygens (including phenoxy) is 1. The molecule has 0 aromatic rings. The Morgan fingerprint density at radius 1 is 1.22 bits per heavy atom. The lowest BCUT2D eigenvalue weighted by molar-refractivity contribution is -0.161. The van der Waals surface area contributed by atoms with Crippen LogP contribution in [0.4, 0.5) is 0 Å². The molecular formula is C14H23NO3. The second-order valence-corrected chi connectivity index (χ2v) is 5.79. The van der Waals surface area contributed by atoms with Gasteiger partial charge in [-0.25, -0.2) is 0 Å². The second-order valence-electron chi connectivity index (χ2n) is 5.79. The number of amides is 1. The fraction of sp³-hybridized carbons (Fsp3) is 0.714. The zero-order valence-corrected chi connectivity index (χ0v) is 11.5. The van der Waals surface area contributed by atoms with E-state index in [2.05, 4.69) is 11.9 Å². The maximum Gasteiger partial charge on any atom is 0.309 e. The molecule has 1 saturated carbocycles. The first-order chi connectivity index (χ1) is 8.31. The van der Waals surface area contributed by atoms with E-state index in [-0.39, 0.29) is 23.8 Å². The predicted molar refractivity (Wildman–Crippen MR) is 69.9 cm³/mol. The number of carbonyl (C=O) groups excluding carboxylic acids is 2. The van der Waals surface area contributed by atoms with Crippen molar-refractivity contribution in [1.29, 1.82) is 0 Å². The van der Waals surface area contributed by atoms with E-state index in [4.69, 9.17) is 4.74 Å². The Morgan fingerprint density at radius 3 is 2.22 bits per heavy atom. The Kier molecular flexibility index (Phi) is 4.93. The molecule has 4 heteroatoms. The van der Waals surface area contributed by atoms with Crippen molar-refractivity contribution in [3.63, 3.8) is 0 Å². The van der Waals surface area contributed by atoms with Crippen LogP contribution in [0.2, 0.25) is 0 Å². The van der Waals surface area contributed by atoms with Crippen molar-refractivity contribution >= 4 is 11.9 Å². The molecule has 0 bridgehead atoms. The third-order valence-corrected chi connectivity index (χ3v) is 3.00. The minimum atomic E-state index is -0.426. The van der Waals surface area contributed by atoms with E-state index in [0.29, 0.717) is 0 Å². The van der Waals surface area contributed by atoms with Gasteiger partial charge in [0, 0.05) is 6.04 Å². The van der Waals surface area contributed by atoms with Gasteiger partial charge >= 0.3 is 5.97 Å². The third-order valence-electron chi connectivity index (χ3n) is 3.00. The topological polar surface area (TPSA) is 55.4 Å². The summed E-state index contributed by atoms with van der Waals surface area (Å²) in [5.41, 5.74) is -0.426. The third kappa shape index (κ3) is 4.90. The van der Waals surface area contributed by atoms with Crippen molar-refractivity contribution in [1.82, 2.24) is 5.32 Å². The number of rotatable bonds is 3. The lowest BCUT2D eigenvalue weighted by Gasteiger charge is -2.30. The van der Waals surface area contributed by atoms with Crippen molar-refractivity contribution in [2.24, 2.45) is 5.92 Å². The van der Waals surface area contributed by atoms with Gasteiger partial charge in [0.05, 0.1) is 5.92 Å². The van der Waals surface area contributed by atoms with E-state index in [0.717, 1.165) is 25.7 Å². The van der Waals surface area contributed by atoms with Crippen LogP contribution in [0.25, 0.3) is 0 Å². The molecule has 0 spiro atoms. The molecule has 1 aliphatic carbocycles. The molecule has 18 heavy (non-hydrogen) atoms. The summed E-state index contributed by atoms with van der Waals surface area (Å²) < 4.78 is 5.37. The fourth-order valence-corrected chi connectivity index (χ4v) is 2.12. The van der Waals surface area contributed by atoms with Crippen molar-refractivity contribution in [2.45, 2.75) is 58.1 Å². The summed E-state index contributed by atoms with van der Waals surface area (Å²) in [6.45, 7) is 9.05. The summed E-state index contributed by atoms with van der Waals surface area (Å²) >= 11 is 0. The number of hydrogen-bond acceptors (Lipinski definition) is 3. The summed E-state index contributed by atoms with van der Waals surface area (Å²) in [4.78, 5) is 23.0. The van der Waals surface area contributed by atoms with Crippen LogP contribution in [0.5, 0.6) is 0 Å². The van der Waals surface area contributed by atoms with Gasteiger partial charge in [0.25, 0.3) is 0 Å². The molecule has 1 fully saturated rings. The monoisotopic (exact) mass is 253 g/mol. The first-order valence-corrected chi connectivity index (χ1v) is 6.47. The van der Waals surface area contributed by atoms with Gasteiger partial charge in [-0.2, -0.15) is 0 Å². The number of nitrogens with one attached hydrogen (secondary N) is 1. The molecule has 102 valence electrons. The molecule has 1 amide bonds. The minimum Gasteiger partial charge on any atom is -0.460 e. The van der Waals surface area contributed by atoms with E-state index in [1.54, 1.807) is 0 Å².